The predicted octanol–water partition coefficient (Wildman–Crippen LogP) is 4.29. The van der Waals surface area contributed by atoms with Gasteiger partial charge in [0, 0.05) is 5.38 Å². The maximum Gasteiger partial charge on any atom is 0.0901 e. The molecule has 1 heterocycles. The van der Waals surface area contributed by atoms with Gasteiger partial charge in [-0.15, -0.1) is 11.3 Å². The van der Waals surface area contributed by atoms with Crippen molar-refractivity contribution in [2.24, 2.45) is 0 Å². The summed E-state index contributed by atoms with van der Waals surface area (Å²) in [5.74, 6) is 0. The van der Waals surface area contributed by atoms with Crippen LogP contribution in [0.25, 0.3) is 6.08 Å². The molecule has 0 saturated heterocycles. The van der Waals surface area contributed by atoms with Gasteiger partial charge in [0.25, 0.3) is 0 Å². The molecule has 0 aliphatic carbocycles. The van der Waals surface area contributed by atoms with E-state index in [4.69, 9.17) is 0 Å². The van der Waals surface area contributed by atoms with Gasteiger partial charge in [-0.3, -0.25) is 0 Å². The molecular formula is C11H19NS. The van der Waals surface area contributed by atoms with Crippen molar-refractivity contribution in [3.63, 3.8) is 0 Å². The van der Waals surface area contributed by atoms with Gasteiger partial charge in [0.2, 0.25) is 0 Å². The van der Waals surface area contributed by atoms with Crippen LogP contribution in [0, 0.1) is 6.92 Å². The van der Waals surface area contributed by atoms with E-state index in [1.165, 1.54) is 5.57 Å². The van der Waals surface area contributed by atoms with Crippen LogP contribution in [0.3, 0.4) is 0 Å². The van der Waals surface area contributed by atoms with Crippen LogP contribution in [0.15, 0.2) is 11.0 Å². The lowest BCUT2D eigenvalue weighted by Gasteiger charge is -1.90. The van der Waals surface area contributed by atoms with Crippen molar-refractivity contribution >= 4 is 17.4 Å². The number of hydrogen-bond donors (Lipinski definition) is 0. The standard InChI is InChI=1S/C9H13NS.C2H6/c1-4-7(2)5-9-6-11-8(3)10-9;1-2/h5-6H,4H2,1-3H3;1-2H3/b7-5+;. The van der Waals surface area contributed by atoms with Crippen molar-refractivity contribution in [1.29, 1.82) is 0 Å². The molecule has 1 aromatic rings. The third kappa shape index (κ3) is 4.83. The molecule has 74 valence electrons. The molecule has 0 atom stereocenters. The lowest BCUT2D eigenvalue weighted by molar-refractivity contribution is 1.11. The quantitative estimate of drug-likeness (QED) is 0.689. The summed E-state index contributed by atoms with van der Waals surface area (Å²) in [6, 6.07) is 0. The number of aryl methyl sites for hydroxylation is 1. The minimum absolute atomic E-state index is 1.10. The summed E-state index contributed by atoms with van der Waals surface area (Å²) in [6.07, 6.45) is 3.25. The van der Waals surface area contributed by atoms with E-state index in [9.17, 15) is 0 Å². The fourth-order valence-electron chi connectivity index (χ4n) is 0.801. The molecular weight excluding hydrogens is 178 g/mol. The fraction of sp³-hybridized carbons (Fsp3) is 0.545. The van der Waals surface area contributed by atoms with Crippen LogP contribution in [-0.2, 0) is 0 Å². The van der Waals surface area contributed by atoms with E-state index in [0.717, 1.165) is 17.1 Å². The number of nitrogens with zero attached hydrogens (tertiary/aromatic N) is 1. The molecule has 0 spiro atoms. The number of hydrogen-bond acceptors (Lipinski definition) is 2. The highest BCUT2D eigenvalue weighted by atomic mass is 32.1. The van der Waals surface area contributed by atoms with E-state index in [0.29, 0.717) is 0 Å². The second kappa shape index (κ2) is 6.84. The monoisotopic (exact) mass is 197 g/mol. The average molecular weight is 197 g/mol. The molecule has 0 saturated carbocycles. The highest BCUT2D eigenvalue weighted by molar-refractivity contribution is 7.09. The summed E-state index contributed by atoms with van der Waals surface area (Å²) in [5.41, 5.74) is 2.49. The number of allylic oxidation sites excluding steroid dienone is 1. The SMILES string of the molecule is CC.CC/C(C)=C/c1csc(C)n1. The van der Waals surface area contributed by atoms with Crippen LogP contribution >= 0.6 is 11.3 Å². The van der Waals surface area contributed by atoms with Crippen LogP contribution in [0.2, 0.25) is 0 Å². The Morgan fingerprint density at radius 1 is 1.54 bits per heavy atom. The Morgan fingerprint density at radius 3 is 2.54 bits per heavy atom. The molecule has 0 fully saturated rings. The maximum absolute atomic E-state index is 4.34. The first-order valence-electron chi connectivity index (χ1n) is 4.81. The first kappa shape index (κ1) is 12.4. The van der Waals surface area contributed by atoms with Gasteiger partial charge in [0.05, 0.1) is 10.7 Å². The third-order valence-electron chi connectivity index (χ3n) is 1.59. The van der Waals surface area contributed by atoms with Gasteiger partial charge in [0.1, 0.15) is 0 Å². The molecule has 0 N–H and O–H groups in total. The van der Waals surface area contributed by atoms with E-state index in [2.05, 4.69) is 30.3 Å². The second-order valence-corrected chi connectivity index (χ2v) is 3.70. The number of rotatable bonds is 2. The molecule has 1 rings (SSSR count). The molecule has 13 heavy (non-hydrogen) atoms. The zero-order valence-electron chi connectivity index (χ0n) is 9.22. The summed E-state index contributed by atoms with van der Waals surface area (Å²) >= 11 is 1.70. The molecule has 0 amide bonds. The molecule has 0 aliphatic heterocycles. The second-order valence-electron chi connectivity index (χ2n) is 2.64. The van der Waals surface area contributed by atoms with Gasteiger partial charge in [0.15, 0.2) is 0 Å². The Balaban J connectivity index is 0.000000671. The first-order chi connectivity index (χ1) is 6.22. The molecule has 2 heteroatoms. The van der Waals surface area contributed by atoms with Crippen LogP contribution in [0.1, 0.15) is 44.8 Å². The van der Waals surface area contributed by atoms with Crippen LogP contribution < -0.4 is 0 Å². The van der Waals surface area contributed by atoms with Crippen molar-refractivity contribution in [2.45, 2.75) is 41.0 Å². The molecule has 1 nitrogen and oxygen atoms in total. The van der Waals surface area contributed by atoms with E-state index >= 15 is 0 Å². The molecule has 0 aliphatic rings. The predicted molar refractivity (Wildman–Crippen MR) is 62.1 cm³/mol. The molecule has 0 aromatic carbocycles. The van der Waals surface area contributed by atoms with Crippen molar-refractivity contribution in [3.8, 4) is 0 Å². The zero-order valence-corrected chi connectivity index (χ0v) is 10.0. The van der Waals surface area contributed by atoms with Crippen molar-refractivity contribution < 1.29 is 0 Å². The minimum atomic E-state index is 1.10. The Labute approximate surface area is 85.5 Å². The van der Waals surface area contributed by atoms with Gasteiger partial charge in [-0.05, 0) is 26.3 Å². The molecule has 0 bridgehead atoms. The first-order valence-corrected chi connectivity index (χ1v) is 5.69. The fourth-order valence-corrected chi connectivity index (χ4v) is 1.37. The van der Waals surface area contributed by atoms with Crippen LogP contribution in [0.5, 0.6) is 0 Å². The average Bonchev–Trinajstić information content (AvgIpc) is 2.54. The highest BCUT2D eigenvalue weighted by Crippen LogP contribution is 2.12. The van der Waals surface area contributed by atoms with Crippen LogP contribution in [0.4, 0.5) is 0 Å². The Hall–Kier alpha value is -0.630. The third-order valence-corrected chi connectivity index (χ3v) is 2.38. The Kier molecular flexibility index (Phi) is 6.51. The van der Waals surface area contributed by atoms with Gasteiger partial charge in [-0.25, -0.2) is 4.98 Å². The topological polar surface area (TPSA) is 12.9 Å². The molecule has 0 unspecified atom stereocenters. The van der Waals surface area contributed by atoms with Gasteiger partial charge in [-0.2, -0.15) is 0 Å². The smallest absolute Gasteiger partial charge is 0.0901 e. The summed E-state index contributed by atoms with van der Waals surface area (Å²) in [7, 11) is 0. The van der Waals surface area contributed by atoms with Gasteiger partial charge in [-0.1, -0.05) is 26.3 Å². The Bertz CT molecular complexity index is 261. The van der Waals surface area contributed by atoms with E-state index in [1.54, 1.807) is 11.3 Å². The summed E-state index contributed by atoms with van der Waals surface area (Å²) in [6.45, 7) is 10.3. The number of thiazole rings is 1. The normalized spacial score (nSPS) is 10.7. The summed E-state index contributed by atoms with van der Waals surface area (Å²) < 4.78 is 0. The zero-order chi connectivity index (χ0) is 10.3. The van der Waals surface area contributed by atoms with E-state index in [1.807, 2.05) is 20.8 Å². The van der Waals surface area contributed by atoms with Crippen molar-refractivity contribution in [2.75, 3.05) is 0 Å². The van der Waals surface area contributed by atoms with Crippen molar-refractivity contribution in [3.05, 3.63) is 21.7 Å². The maximum atomic E-state index is 4.34. The molecule has 0 radical (unpaired) electrons. The van der Waals surface area contributed by atoms with Crippen LogP contribution in [-0.4, -0.2) is 4.98 Å². The van der Waals surface area contributed by atoms with E-state index < -0.39 is 0 Å². The summed E-state index contributed by atoms with van der Waals surface area (Å²) in [4.78, 5) is 4.34. The van der Waals surface area contributed by atoms with Gasteiger partial charge >= 0.3 is 0 Å². The Morgan fingerprint density at radius 2 is 2.15 bits per heavy atom. The summed E-state index contributed by atoms with van der Waals surface area (Å²) in [5, 5.41) is 3.23. The largest absolute Gasteiger partial charge is 0.242 e. The lowest BCUT2D eigenvalue weighted by Crippen LogP contribution is -1.75. The lowest BCUT2D eigenvalue weighted by atomic mass is 10.2. The minimum Gasteiger partial charge on any atom is -0.242 e. The van der Waals surface area contributed by atoms with Crippen molar-refractivity contribution in [1.82, 2.24) is 4.98 Å². The van der Waals surface area contributed by atoms with Gasteiger partial charge < -0.3 is 0 Å². The highest BCUT2D eigenvalue weighted by Gasteiger charge is 1.93. The number of aromatic nitrogens is 1. The van der Waals surface area contributed by atoms with E-state index in [-0.39, 0.29) is 0 Å². The molecule has 1 aromatic heterocycles.